The first kappa shape index (κ1) is 20.6. The molecule has 1 aromatic carbocycles. The van der Waals surface area contributed by atoms with Gasteiger partial charge in [0.25, 0.3) is 5.91 Å². The van der Waals surface area contributed by atoms with E-state index in [1.807, 2.05) is 32.1 Å². The molecule has 2 rings (SSSR count). The van der Waals surface area contributed by atoms with Crippen LogP contribution in [0.3, 0.4) is 0 Å². The molecular weight excluding hydrogens is 340 g/mol. The molecule has 1 atom stereocenters. The van der Waals surface area contributed by atoms with Gasteiger partial charge in [-0.05, 0) is 55.9 Å². The predicted molar refractivity (Wildman–Crippen MR) is 106 cm³/mol. The number of nitrogens with one attached hydrogen (secondary N) is 1. The van der Waals surface area contributed by atoms with Crippen LogP contribution in [-0.4, -0.2) is 30.2 Å². The molecule has 1 N–H and O–H groups in total. The lowest BCUT2D eigenvalue weighted by molar-refractivity contribution is -0.136. The van der Waals surface area contributed by atoms with Crippen molar-refractivity contribution in [3.63, 3.8) is 0 Å². The summed E-state index contributed by atoms with van der Waals surface area (Å²) in [6.07, 6.45) is 7.47. The third-order valence-electron chi connectivity index (χ3n) is 5.07. The SMILES string of the molecule is CCCc1cccc(C(=O)NN(C)C(=O)[C@@H]2CC=C(C)C(C=O)=CC2)c1C. The van der Waals surface area contributed by atoms with Gasteiger partial charge in [-0.2, -0.15) is 0 Å². The number of amides is 2. The fourth-order valence-corrected chi connectivity index (χ4v) is 3.32. The van der Waals surface area contributed by atoms with Gasteiger partial charge in [0.2, 0.25) is 5.91 Å². The minimum atomic E-state index is -0.296. The smallest absolute Gasteiger partial charge is 0.270 e. The number of nitrogens with zero attached hydrogens (tertiary/aromatic N) is 1. The number of allylic oxidation sites excluding steroid dienone is 4. The summed E-state index contributed by atoms with van der Waals surface area (Å²) in [6.45, 7) is 5.91. The Morgan fingerprint density at radius 2 is 1.93 bits per heavy atom. The van der Waals surface area contributed by atoms with E-state index >= 15 is 0 Å². The average molecular weight is 368 g/mol. The molecule has 0 heterocycles. The van der Waals surface area contributed by atoms with E-state index in [4.69, 9.17) is 0 Å². The molecule has 5 nitrogen and oxygen atoms in total. The standard InChI is InChI=1S/C22H28N2O3/c1-5-7-17-8-6-9-20(16(17)3)21(26)23-24(4)22(27)18-11-10-15(2)19(14-25)13-12-18/h6,8-10,13-14,18H,5,7,11-12H2,1-4H3,(H,23,26)/t18-/m1/s1. The highest BCUT2D eigenvalue weighted by molar-refractivity contribution is 5.97. The maximum absolute atomic E-state index is 12.7. The van der Waals surface area contributed by atoms with E-state index in [-0.39, 0.29) is 17.7 Å². The van der Waals surface area contributed by atoms with Crippen LogP contribution in [-0.2, 0) is 16.0 Å². The maximum Gasteiger partial charge on any atom is 0.270 e. The Morgan fingerprint density at radius 3 is 2.59 bits per heavy atom. The van der Waals surface area contributed by atoms with Gasteiger partial charge >= 0.3 is 0 Å². The first-order valence-corrected chi connectivity index (χ1v) is 9.38. The molecule has 0 saturated heterocycles. The summed E-state index contributed by atoms with van der Waals surface area (Å²) in [7, 11) is 1.57. The van der Waals surface area contributed by atoms with Crippen LogP contribution in [0, 0.1) is 12.8 Å². The first-order valence-electron chi connectivity index (χ1n) is 9.38. The Morgan fingerprint density at radius 1 is 1.22 bits per heavy atom. The number of aryl methyl sites for hydroxylation is 1. The molecule has 0 saturated carbocycles. The van der Waals surface area contributed by atoms with Crippen LogP contribution in [0.4, 0.5) is 0 Å². The maximum atomic E-state index is 12.7. The summed E-state index contributed by atoms with van der Waals surface area (Å²) >= 11 is 0. The molecule has 0 aliphatic heterocycles. The van der Waals surface area contributed by atoms with Crippen LogP contribution in [0.5, 0.6) is 0 Å². The summed E-state index contributed by atoms with van der Waals surface area (Å²) < 4.78 is 0. The van der Waals surface area contributed by atoms with Crippen molar-refractivity contribution < 1.29 is 14.4 Å². The second-order valence-corrected chi connectivity index (χ2v) is 7.01. The lowest BCUT2D eigenvalue weighted by Crippen LogP contribution is -2.46. The average Bonchev–Trinajstić information content (AvgIpc) is 2.84. The van der Waals surface area contributed by atoms with Crippen LogP contribution in [0.2, 0.25) is 0 Å². The highest BCUT2D eigenvalue weighted by Crippen LogP contribution is 2.22. The number of hydrogen-bond acceptors (Lipinski definition) is 3. The Kier molecular flexibility index (Phi) is 7.11. The molecule has 144 valence electrons. The lowest BCUT2D eigenvalue weighted by Gasteiger charge is -2.23. The summed E-state index contributed by atoms with van der Waals surface area (Å²) in [5, 5.41) is 1.27. The van der Waals surface area contributed by atoms with Gasteiger partial charge in [-0.25, -0.2) is 0 Å². The molecule has 0 radical (unpaired) electrons. The van der Waals surface area contributed by atoms with Gasteiger partial charge < -0.3 is 0 Å². The van der Waals surface area contributed by atoms with Crippen molar-refractivity contribution in [1.29, 1.82) is 0 Å². The first-order chi connectivity index (χ1) is 12.9. The van der Waals surface area contributed by atoms with Crippen LogP contribution in [0.15, 0.2) is 41.5 Å². The zero-order valence-electron chi connectivity index (χ0n) is 16.5. The topological polar surface area (TPSA) is 66.5 Å². The molecular formula is C22H28N2O3. The zero-order chi connectivity index (χ0) is 20.0. The molecule has 5 heteroatoms. The van der Waals surface area contributed by atoms with Crippen molar-refractivity contribution in [3.05, 3.63) is 58.2 Å². The highest BCUT2D eigenvalue weighted by Gasteiger charge is 2.24. The molecule has 27 heavy (non-hydrogen) atoms. The third kappa shape index (κ3) is 4.94. The van der Waals surface area contributed by atoms with E-state index in [0.29, 0.717) is 24.0 Å². The molecule has 1 aliphatic rings. The van der Waals surface area contributed by atoms with Crippen molar-refractivity contribution >= 4 is 18.1 Å². The van der Waals surface area contributed by atoms with Gasteiger partial charge in [0.1, 0.15) is 6.29 Å². The van der Waals surface area contributed by atoms with E-state index < -0.39 is 0 Å². The second kappa shape index (κ2) is 9.31. The lowest BCUT2D eigenvalue weighted by atomic mass is 9.98. The fraction of sp³-hybridized carbons (Fsp3) is 0.409. The van der Waals surface area contributed by atoms with Crippen LogP contribution in [0.25, 0.3) is 0 Å². The predicted octanol–water partition coefficient (Wildman–Crippen LogP) is 3.53. The Labute approximate surface area is 161 Å². The number of aldehydes is 1. The Balaban J connectivity index is 2.08. The fourth-order valence-electron chi connectivity index (χ4n) is 3.32. The summed E-state index contributed by atoms with van der Waals surface area (Å²) in [4.78, 5) is 36.5. The van der Waals surface area contributed by atoms with Crippen molar-refractivity contribution in [2.45, 2.75) is 46.5 Å². The molecule has 0 spiro atoms. The van der Waals surface area contributed by atoms with Gasteiger partial charge in [-0.3, -0.25) is 24.8 Å². The van der Waals surface area contributed by atoms with Gasteiger partial charge in [0.05, 0.1) is 0 Å². The summed E-state index contributed by atoms with van der Waals surface area (Å²) in [6, 6.07) is 5.68. The number of hydrazine groups is 1. The Hall–Kier alpha value is -2.69. The van der Waals surface area contributed by atoms with E-state index in [0.717, 1.165) is 35.8 Å². The molecule has 0 unspecified atom stereocenters. The molecule has 0 fully saturated rings. The van der Waals surface area contributed by atoms with Crippen molar-refractivity contribution in [1.82, 2.24) is 10.4 Å². The van der Waals surface area contributed by atoms with E-state index in [9.17, 15) is 14.4 Å². The van der Waals surface area contributed by atoms with E-state index in [1.54, 1.807) is 19.2 Å². The summed E-state index contributed by atoms with van der Waals surface area (Å²) in [5.41, 5.74) is 6.88. The molecule has 0 aromatic heterocycles. The van der Waals surface area contributed by atoms with Crippen LogP contribution >= 0.6 is 0 Å². The van der Waals surface area contributed by atoms with Gasteiger partial charge in [-0.1, -0.05) is 37.6 Å². The van der Waals surface area contributed by atoms with Gasteiger partial charge in [0.15, 0.2) is 0 Å². The largest absolute Gasteiger partial charge is 0.298 e. The minimum Gasteiger partial charge on any atom is -0.298 e. The van der Waals surface area contributed by atoms with Crippen molar-refractivity contribution in [3.8, 4) is 0 Å². The highest BCUT2D eigenvalue weighted by atomic mass is 16.2. The molecule has 0 bridgehead atoms. The number of carbonyl (C=O) groups is 3. The quantitative estimate of drug-likeness (QED) is 0.639. The zero-order valence-corrected chi connectivity index (χ0v) is 16.5. The van der Waals surface area contributed by atoms with Crippen LogP contribution < -0.4 is 5.43 Å². The van der Waals surface area contributed by atoms with Gasteiger partial charge in [0, 0.05) is 24.1 Å². The molecule has 2 amide bonds. The second-order valence-electron chi connectivity index (χ2n) is 7.01. The van der Waals surface area contributed by atoms with Crippen molar-refractivity contribution in [2.75, 3.05) is 7.05 Å². The number of rotatable bonds is 5. The number of carbonyl (C=O) groups excluding carboxylic acids is 3. The minimum absolute atomic E-state index is 0.168. The molecule has 1 aliphatic carbocycles. The van der Waals surface area contributed by atoms with E-state index in [1.165, 1.54) is 5.01 Å². The van der Waals surface area contributed by atoms with Crippen LogP contribution in [0.1, 0.15) is 54.6 Å². The third-order valence-corrected chi connectivity index (χ3v) is 5.07. The normalized spacial score (nSPS) is 16.7. The van der Waals surface area contributed by atoms with Gasteiger partial charge in [-0.15, -0.1) is 0 Å². The number of benzene rings is 1. The number of hydrogen-bond donors (Lipinski definition) is 1. The Bertz CT molecular complexity index is 793. The monoisotopic (exact) mass is 368 g/mol. The van der Waals surface area contributed by atoms with E-state index in [2.05, 4.69) is 12.3 Å². The molecule has 1 aromatic rings. The van der Waals surface area contributed by atoms with Crippen molar-refractivity contribution in [2.24, 2.45) is 5.92 Å². The summed E-state index contributed by atoms with van der Waals surface area (Å²) in [5.74, 6) is -0.751.